The van der Waals surface area contributed by atoms with Gasteiger partial charge in [0.2, 0.25) is 0 Å². The Morgan fingerprint density at radius 3 is 2.46 bits per heavy atom. The summed E-state index contributed by atoms with van der Waals surface area (Å²) >= 11 is 0. The van der Waals surface area contributed by atoms with Crippen LogP contribution < -0.4 is 10.1 Å². The largest absolute Gasteiger partial charge is 0.481 e. The Morgan fingerprint density at radius 2 is 1.79 bits per heavy atom. The third-order valence-electron chi connectivity index (χ3n) is 4.24. The first kappa shape index (κ1) is 21.2. The molecule has 0 radical (unpaired) electrons. The molecule has 2 rings (SSSR count). The molecule has 2 aromatic rings. The number of aryl methyl sites for hydroxylation is 1. The quantitative estimate of drug-likeness (QED) is 0.553. The van der Waals surface area contributed by atoms with Gasteiger partial charge in [0.05, 0.1) is 5.56 Å². The van der Waals surface area contributed by atoms with Crippen molar-refractivity contribution in [2.24, 2.45) is 0 Å². The molecular weight excluding hydrogens is 358 g/mol. The number of hydrogen-bond acceptors (Lipinski definition) is 5. The van der Waals surface area contributed by atoms with E-state index in [1.807, 2.05) is 39.0 Å². The molecule has 28 heavy (non-hydrogen) atoms. The summed E-state index contributed by atoms with van der Waals surface area (Å²) in [5.41, 5.74) is 3.02. The average Bonchev–Trinajstić information content (AvgIpc) is 2.67. The molecule has 2 aromatic carbocycles. The monoisotopic (exact) mass is 383 g/mol. The lowest BCUT2D eigenvalue weighted by atomic mass is 9.98. The number of nitrogens with one attached hydrogen (secondary N) is 1. The first-order valence-corrected chi connectivity index (χ1v) is 9.10. The Morgan fingerprint density at radius 1 is 1.07 bits per heavy atom. The summed E-state index contributed by atoms with van der Waals surface area (Å²) in [5, 5.41) is 2.85. The predicted molar refractivity (Wildman–Crippen MR) is 107 cm³/mol. The lowest BCUT2D eigenvalue weighted by molar-refractivity contribution is -0.155. The van der Waals surface area contributed by atoms with Crippen LogP contribution in [0, 0.1) is 6.92 Å². The Balaban J connectivity index is 1.95. The maximum Gasteiger partial charge on any atom is 0.344 e. The molecule has 0 spiro atoms. The van der Waals surface area contributed by atoms with Crippen LogP contribution in [0.25, 0.3) is 0 Å². The molecule has 0 heterocycles. The topological polar surface area (TPSA) is 81.7 Å². The van der Waals surface area contributed by atoms with Crippen LogP contribution >= 0.6 is 0 Å². The summed E-state index contributed by atoms with van der Waals surface area (Å²) in [6.07, 6.45) is -0.345. The van der Waals surface area contributed by atoms with Gasteiger partial charge in [0.15, 0.2) is 19.0 Å². The van der Waals surface area contributed by atoms with Crippen LogP contribution in [0.5, 0.6) is 5.75 Å². The highest BCUT2D eigenvalue weighted by Crippen LogP contribution is 2.27. The lowest BCUT2D eigenvalue weighted by Crippen LogP contribution is -2.32. The molecule has 0 bridgehead atoms. The van der Waals surface area contributed by atoms with Crippen molar-refractivity contribution in [3.05, 3.63) is 59.2 Å². The van der Waals surface area contributed by atoms with E-state index in [0.717, 1.165) is 16.8 Å². The van der Waals surface area contributed by atoms with Gasteiger partial charge in [-0.1, -0.05) is 44.2 Å². The zero-order valence-corrected chi connectivity index (χ0v) is 16.5. The van der Waals surface area contributed by atoms with Crippen molar-refractivity contribution < 1.29 is 23.9 Å². The van der Waals surface area contributed by atoms with Gasteiger partial charge in [-0.05, 0) is 43.0 Å². The molecule has 0 aliphatic carbocycles. The number of amides is 1. The van der Waals surface area contributed by atoms with Crippen LogP contribution in [0.4, 0.5) is 5.69 Å². The van der Waals surface area contributed by atoms with Crippen molar-refractivity contribution in [1.29, 1.82) is 0 Å². The van der Waals surface area contributed by atoms with Crippen LogP contribution in [0.3, 0.4) is 0 Å². The molecule has 0 aromatic heterocycles. The van der Waals surface area contributed by atoms with Crippen LogP contribution in [-0.2, 0) is 14.3 Å². The molecule has 0 unspecified atom stereocenters. The van der Waals surface area contributed by atoms with E-state index in [1.54, 1.807) is 24.3 Å². The van der Waals surface area contributed by atoms with Gasteiger partial charge in [-0.2, -0.15) is 0 Å². The van der Waals surface area contributed by atoms with Crippen molar-refractivity contribution in [2.45, 2.75) is 39.7 Å². The minimum atomic E-state index is -0.989. The summed E-state index contributed by atoms with van der Waals surface area (Å²) in [5.74, 6) is -0.595. The second-order valence-electron chi connectivity index (χ2n) is 6.76. The molecule has 6 nitrogen and oxygen atoms in total. The second kappa shape index (κ2) is 9.69. The van der Waals surface area contributed by atoms with E-state index < -0.39 is 24.6 Å². The van der Waals surface area contributed by atoms with Gasteiger partial charge in [0, 0.05) is 5.69 Å². The molecule has 1 atom stereocenters. The van der Waals surface area contributed by atoms with Gasteiger partial charge in [0.25, 0.3) is 5.91 Å². The summed E-state index contributed by atoms with van der Waals surface area (Å²) in [6.45, 7) is 7.10. The molecule has 0 aliphatic rings. The number of esters is 1. The maximum atomic E-state index is 12.5. The average molecular weight is 383 g/mol. The highest BCUT2D eigenvalue weighted by atomic mass is 16.6. The first-order valence-electron chi connectivity index (χ1n) is 9.10. The number of anilines is 1. The summed E-state index contributed by atoms with van der Waals surface area (Å²) in [7, 11) is 0. The minimum Gasteiger partial charge on any atom is -0.481 e. The van der Waals surface area contributed by atoms with E-state index >= 15 is 0 Å². The maximum absolute atomic E-state index is 12.5. The molecular formula is C22H25NO5. The molecule has 148 valence electrons. The molecule has 0 saturated heterocycles. The molecule has 1 amide bonds. The summed E-state index contributed by atoms with van der Waals surface area (Å²) < 4.78 is 10.5. The summed E-state index contributed by atoms with van der Waals surface area (Å²) in [6, 6.07) is 12.4. The zero-order valence-electron chi connectivity index (χ0n) is 16.5. The number of ether oxygens (including phenoxy) is 2. The van der Waals surface area contributed by atoms with Crippen LogP contribution in [0.15, 0.2) is 42.5 Å². The van der Waals surface area contributed by atoms with Gasteiger partial charge in [-0.15, -0.1) is 0 Å². The van der Waals surface area contributed by atoms with E-state index in [2.05, 4.69) is 5.32 Å². The lowest BCUT2D eigenvalue weighted by Gasteiger charge is -2.19. The number of rotatable bonds is 8. The van der Waals surface area contributed by atoms with Gasteiger partial charge in [0.1, 0.15) is 5.75 Å². The fraction of sp³-hybridized carbons (Fsp3) is 0.318. The Kier molecular flexibility index (Phi) is 7.32. The molecule has 0 saturated carbocycles. The third kappa shape index (κ3) is 5.42. The van der Waals surface area contributed by atoms with Crippen LogP contribution in [-0.4, -0.2) is 30.9 Å². The van der Waals surface area contributed by atoms with Gasteiger partial charge in [-0.3, -0.25) is 9.59 Å². The third-order valence-corrected chi connectivity index (χ3v) is 4.24. The number of aldehydes is 1. The van der Waals surface area contributed by atoms with E-state index in [1.165, 1.54) is 6.92 Å². The normalized spacial score (nSPS) is 11.6. The van der Waals surface area contributed by atoms with Gasteiger partial charge < -0.3 is 14.8 Å². The SMILES string of the molecule is Cc1cccc(C(C)C)c1NC(=O)[C@@H](C)OC(=O)COc1ccccc1C=O. The highest BCUT2D eigenvalue weighted by molar-refractivity contribution is 5.96. The number of carbonyl (C=O) groups is 3. The zero-order chi connectivity index (χ0) is 20.7. The Hall–Kier alpha value is -3.15. The Labute approximate surface area is 164 Å². The van der Waals surface area contributed by atoms with Crippen LogP contribution in [0.1, 0.15) is 48.2 Å². The van der Waals surface area contributed by atoms with Gasteiger partial charge >= 0.3 is 5.97 Å². The van der Waals surface area contributed by atoms with Gasteiger partial charge in [-0.25, -0.2) is 4.79 Å². The minimum absolute atomic E-state index is 0.236. The van der Waals surface area contributed by atoms with E-state index in [-0.39, 0.29) is 11.7 Å². The standard InChI is InChI=1S/C22H25NO5/c1-14(2)18-10-7-8-15(3)21(18)23-22(26)16(4)28-20(25)13-27-19-11-6-5-9-17(19)12-24/h5-12,14,16H,13H2,1-4H3,(H,23,26)/t16-/m1/s1. The summed E-state index contributed by atoms with van der Waals surface area (Å²) in [4.78, 5) is 35.5. The van der Waals surface area contributed by atoms with Crippen molar-refractivity contribution in [2.75, 3.05) is 11.9 Å². The van der Waals surface area contributed by atoms with E-state index in [4.69, 9.17) is 9.47 Å². The number of para-hydroxylation sites is 2. The molecule has 1 N–H and O–H groups in total. The number of hydrogen-bond donors (Lipinski definition) is 1. The van der Waals surface area contributed by atoms with Crippen molar-refractivity contribution in [3.63, 3.8) is 0 Å². The predicted octanol–water partition coefficient (Wildman–Crippen LogP) is 3.88. The van der Waals surface area contributed by atoms with Crippen LogP contribution in [0.2, 0.25) is 0 Å². The fourth-order valence-electron chi connectivity index (χ4n) is 2.70. The first-order chi connectivity index (χ1) is 13.3. The van der Waals surface area contributed by atoms with E-state index in [0.29, 0.717) is 11.8 Å². The number of carbonyl (C=O) groups excluding carboxylic acids is 3. The fourth-order valence-corrected chi connectivity index (χ4v) is 2.70. The Bertz CT molecular complexity index is 860. The number of benzene rings is 2. The second-order valence-corrected chi connectivity index (χ2v) is 6.76. The smallest absolute Gasteiger partial charge is 0.344 e. The van der Waals surface area contributed by atoms with Crippen molar-refractivity contribution in [3.8, 4) is 5.75 Å². The van der Waals surface area contributed by atoms with E-state index in [9.17, 15) is 14.4 Å². The molecule has 6 heteroatoms. The highest BCUT2D eigenvalue weighted by Gasteiger charge is 2.21. The molecule has 0 fully saturated rings. The molecule has 0 aliphatic heterocycles. The van der Waals surface area contributed by atoms with Crippen molar-refractivity contribution >= 4 is 23.9 Å². The van der Waals surface area contributed by atoms with Crippen molar-refractivity contribution in [1.82, 2.24) is 0 Å².